The van der Waals surface area contributed by atoms with Crippen molar-refractivity contribution in [3.05, 3.63) is 51.5 Å². The smallest absolute Gasteiger partial charge is 0.160 e. The van der Waals surface area contributed by atoms with Crippen molar-refractivity contribution in [2.75, 3.05) is 12.4 Å². The minimum Gasteiger partial charge on any atom is -0.504 e. The van der Waals surface area contributed by atoms with Crippen LogP contribution in [0.5, 0.6) is 11.5 Å². The Labute approximate surface area is 125 Å². The Bertz CT molecular complexity index is 590. The molecule has 0 amide bonds. The standard InChI is InChI=1S/C14H13BrClNO2/c1-19-14-6-9(2-5-13(14)18)8-17-12-7-10(16)3-4-11(12)15/h2-7,17-18H,8H2,1H3. The predicted octanol–water partition coefficient (Wildman–Crippen LogP) is 4.43. The Hall–Kier alpha value is -1.39. The summed E-state index contributed by atoms with van der Waals surface area (Å²) in [5.41, 5.74) is 1.92. The van der Waals surface area contributed by atoms with Crippen LogP contribution in [0.1, 0.15) is 5.56 Å². The number of phenols is 1. The highest BCUT2D eigenvalue weighted by atomic mass is 79.9. The lowest BCUT2D eigenvalue weighted by Crippen LogP contribution is -2.00. The van der Waals surface area contributed by atoms with E-state index in [-0.39, 0.29) is 5.75 Å². The van der Waals surface area contributed by atoms with E-state index in [1.165, 1.54) is 7.11 Å². The van der Waals surface area contributed by atoms with Gasteiger partial charge in [0.25, 0.3) is 0 Å². The van der Waals surface area contributed by atoms with E-state index in [0.29, 0.717) is 17.3 Å². The maximum Gasteiger partial charge on any atom is 0.160 e. The molecule has 0 fully saturated rings. The van der Waals surface area contributed by atoms with Gasteiger partial charge in [0.2, 0.25) is 0 Å². The van der Waals surface area contributed by atoms with Crippen LogP contribution in [0.4, 0.5) is 5.69 Å². The van der Waals surface area contributed by atoms with Gasteiger partial charge in [-0.1, -0.05) is 17.7 Å². The first-order valence-electron chi connectivity index (χ1n) is 5.65. The third-order valence-electron chi connectivity index (χ3n) is 2.66. The molecular weight excluding hydrogens is 330 g/mol. The summed E-state index contributed by atoms with van der Waals surface area (Å²) in [7, 11) is 1.53. The van der Waals surface area contributed by atoms with Crippen molar-refractivity contribution in [2.24, 2.45) is 0 Å². The van der Waals surface area contributed by atoms with E-state index in [2.05, 4.69) is 21.2 Å². The van der Waals surface area contributed by atoms with Gasteiger partial charge in [-0.15, -0.1) is 0 Å². The molecule has 0 aliphatic rings. The van der Waals surface area contributed by atoms with Gasteiger partial charge >= 0.3 is 0 Å². The number of anilines is 1. The van der Waals surface area contributed by atoms with E-state index in [9.17, 15) is 5.11 Å². The summed E-state index contributed by atoms with van der Waals surface area (Å²) in [5, 5.41) is 13.5. The fourth-order valence-electron chi connectivity index (χ4n) is 1.66. The first-order valence-corrected chi connectivity index (χ1v) is 6.82. The van der Waals surface area contributed by atoms with Gasteiger partial charge in [0.15, 0.2) is 11.5 Å². The maximum absolute atomic E-state index is 9.53. The van der Waals surface area contributed by atoms with Crippen molar-refractivity contribution in [2.45, 2.75) is 6.54 Å². The molecule has 3 nitrogen and oxygen atoms in total. The topological polar surface area (TPSA) is 41.5 Å². The van der Waals surface area contributed by atoms with Crippen molar-refractivity contribution < 1.29 is 9.84 Å². The van der Waals surface area contributed by atoms with Crippen molar-refractivity contribution in [1.82, 2.24) is 0 Å². The molecule has 2 N–H and O–H groups in total. The van der Waals surface area contributed by atoms with E-state index < -0.39 is 0 Å². The monoisotopic (exact) mass is 341 g/mol. The van der Waals surface area contributed by atoms with Crippen LogP contribution in [-0.4, -0.2) is 12.2 Å². The number of benzene rings is 2. The Kier molecular flexibility index (Phi) is 4.56. The number of rotatable bonds is 4. The number of hydrogen-bond acceptors (Lipinski definition) is 3. The molecule has 0 saturated carbocycles. The van der Waals surface area contributed by atoms with Gasteiger partial charge in [0.1, 0.15) is 0 Å². The second-order valence-electron chi connectivity index (χ2n) is 3.98. The molecule has 0 aromatic heterocycles. The Morgan fingerprint density at radius 1 is 1.26 bits per heavy atom. The van der Waals surface area contributed by atoms with Crippen molar-refractivity contribution in [3.8, 4) is 11.5 Å². The van der Waals surface area contributed by atoms with Crippen LogP contribution >= 0.6 is 27.5 Å². The summed E-state index contributed by atoms with van der Waals surface area (Å²) in [5.74, 6) is 0.597. The summed E-state index contributed by atoms with van der Waals surface area (Å²) in [6.07, 6.45) is 0. The molecule has 5 heteroatoms. The summed E-state index contributed by atoms with van der Waals surface area (Å²) >= 11 is 9.41. The molecule has 0 aliphatic carbocycles. The maximum atomic E-state index is 9.53. The molecular formula is C14H13BrClNO2. The molecule has 0 unspecified atom stereocenters. The molecule has 19 heavy (non-hydrogen) atoms. The van der Waals surface area contributed by atoms with E-state index in [1.54, 1.807) is 12.1 Å². The first-order chi connectivity index (χ1) is 9.10. The normalized spacial score (nSPS) is 10.3. The van der Waals surface area contributed by atoms with E-state index in [1.807, 2.05) is 24.3 Å². The third-order valence-corrected chi connectivity index (χ3v) is 3.58. The summed E-state index contributed by atoms with van der Waals surface area (Å²) in [4.78, 5) is 0. The van der Waals surface area contributed by atoms with E-state index >= 15 is 0 Å². The number of methoxy groups -OCH3 is 1. The Morgan fingerprint density at radius 3 is 2.79 bits per heavy atom. The fourth-order valence-corrected chi connectivity index (χ4v) is 2.22. The molecule has 2 aromatic rings. The zero-order chi connectivity index (χ0) is 13.8. The molecule has 0 radical (unpaired) electrons. The number of ether oxygens (including phenoxy) is 1. The zero-order valence-corrected chi connectivity index (χ0v) is 12.6. The van der Waals surface area contributed by atoms with Crippen molar-refractivity contribution in [3.63, 3.8) is 0 Å². The van der Waals surface area contributed by atoms with Gasteiger partial charge in [-0.2, -0.15) is 0 Å². The average molecular weight is 343 g/mol. The van der Waals surface area contributed by atoms with Crippen LogP contribution < -0.4 is 10.1 Å². The Balaban J connectivity index is 2.12. The number of aromatic hydroxyl groups is 1. The highest BCUT2D eigenvalue weighted by Crippen LogP contribution is 2.28. The zero-order valence-electron chi connectivity index (χ0n) is 10.3. The van der Waals surface area contributed by atoms with Gasteiger partial charge in [0, 0.05) is 16.0 Å². The number of phenolic OH excluding ortho intramolecular Hbond substituents is 1. The number of hydrogen-bond donors (Lipinski definition) is 2. The lowest BCUT2D eigenvalue weighted by molar-refractivity contribution is 0.373. The molecule has 0 spiro atoms. The first kappa shape index (κ1) is 14.0. The molecule has 0 heterocycles. The summed E-state index contributed by atoms with van der Waals surface area (Å²) in [6, 6.07) is 10.8. The predicted molar refractivity (Wildman–Crippen MR) is 81.1 cm³/mol. The van der Waals surface area contributed by atoms with Gasteiger partial charge in [-0.25, -0.2) is 0 Å². The molecule has 0 aliphatic heterocycles. The van der Waals surface area contributed by atoms with Crippen LogP contribution in [0.3, 0.4) is 0 Å². The van der Waals surface area contributed by atoms with E-state index in [0.717, 1.165) is 15.7 Å². The number of nitrogens with one attached hydrogen (secondary N) is 1. The lowest BCUT2D eigenvalue weighted by atomic mass is 10.2. The molecule has 0 atom stereocenters. The summed E-state index contributed by atoms with van der Waals surface area (Å²) < 4.78 is 6.02. The molecule has 0 bridgehead atoms. The van der Waals surface area contributed by atoms with Crippen LogP contribution in [0.25, 0.3) is 0 Å². The van der Waals surface area contributed by atoms with Crippen molar-refractivity contribution in [1.29, 1.82) is 0 Å². The van der Waals surface area contributed by atoms with Crippen LogP contribution in [0.15, 0.2) is 40.9 Å². The van der Waals surface area contributed by atoms with Gasteiger partial charge in [-0.05, 0) is 51.8 Å². The third kappa shape index (κ3) is 3.55. The SMILES string of the molecule is COc1cc(CNc2cc(Cl)ccc2Br)ccc1O. The number of halogens is 2. The molecule has 2 rings (SSSR count). The second-order valence-corrected chi connectivity index (χ2v) is 5.27. The average Bonchev–Trinajstić information content (AvgIpc) is 2.41. The van der Waals surface area contributed by atoms with Crippen LogP contribution in [0, 0.1) is 0 Å². The highest BCUT2D eigenvalue weighted by molar-refractivity contribution is 9.10. The minimum absolute atomic E-state index is 0.134. The molecule has 2 aromatic carbocycles. The molecule has 0 saturated heterocycles. The van der Waals surface area contributed by atoms with E-state index in [4.69, 9.17) is 16.3 Å². The minimum atomic E-state index is 0.134. The van der Waals surface area contributed by atoms with Gasteiger partial charge < -0.3 is 15.2 Å². The largest absolute Gasteiger partial charge is 0.504 e. The van der Waals surface area contributed by atoms with Crippen LogP contribution in [-0.2, 0) is 6.54 Å². The van der Waals surface area contributed by atoms with Crippen LogP contribution in [0.2, 0.25) is 5.02 Å². The van der Waals surface area contributed by atoms with Crippen molar-refractivity contribution >= 4 is 33.2 Å². The van der Waals surface area contributed by atoms with Gasteiger partial charge in [-0.3, -0.25) is 0 Å². The molecule has 100 valence electrons. The van der Waals surface area contributed by atoms with Gasteiger partial charge in [0.05, 0.1) is 12.8 Å². The second kappa shape index (κ2) is 6.17. The quantitative estimate of drug-likeness (QED) is 0.863. The fraction of sp³-hybridized carbons (Fsp3) is 0.143. The highest BCUT2D eigenvalue weighted by Gasteiger charge is 2.04. The lowest BCUT2D eigenvalue weighted by Gasteiger charge is -2.10. The Morgan fingerprint density at radius 2 is 2.05 bits per heavy atom. The summed E-state index contributed by atoms with van der Waals surface area (Å²) in [6.45, 7) is 0.607.